The molecule has 0 aromatic carbocycles. The summed E-state index contributed by atoms with van der Waals surface area (Å²) in [6.07, 6.45) is -4.65. The Labute approximate surface area is 92.0 Å². The lowest BCUT2D eigenvalue weighted by atomic mass is 10.3. The maximum Gasteiger partial charge on any atom is 0.433 e. The first-order valence-corrected chi connectivity index (χ1v) is 4.46. The Balaban J connectivity index is 3.07. The smallest absolute Gasteiger partial charge is 0.433 e. The second-order valence-electron chi connectivity index (χ2n) is 2.65. The number of nitrogens with zero attached hydrogens (tertiary/aromatic N) is 1. The minimum Gasteiger partial charge on any atom is -0.433 e. The van der Waals surface area contributed by atoms with E-state index in [9.17, 15) is 22.0 Å². The Bertz CT molecular complexity index is 368. The first kappa shape index (κ1) is 13.0. The van der Waals surface area contributed by atoms with Gasteiger partial charge in [-0.05, 0) is 12.1 Å². The summed E-state index contributed by atoms with van der Waals surface area (Å²) in [4.78, 5) is 3.10. The molecule has 1 aromatic heterocycles. The van der Waals surface area contributed by atoms with Crippen LogP contribution < -0.4 is 4.74 Å². The van der Waals surface area contributed by atoms with Crippen molar-refractivity contribution < 1.29 is 26.7 Å². The molecule has 0 radical (unpaired) electrons. The molecule has 0 spiro atoms. The SMILES string of the molecule is FC(F)Oc1ccc(C(F)(F)F)nc1CCl. The van der Waals surface area contributed by atoms with Crippen LogP contribution in [0.2, 0.25) is 0 Å². The maximum absolute atomic E-state index is 12.2. The molecule has 1 aromatic rings. The molecule has 0 bridgehead atoms. The van der Waals surface area contributed by atoms with Gasteiger partial charge in [-0.15, -0.1) is 11.6 Å². The number of halogens is 6. The second kappa shape index (κ2) is 4.82. The molecule has 0 atom stereocenters. The van der Waals surface area contributed by atoms with E-state index in [0.717, 1.165) is 6.07 Å². The summed E-state index contributed by atoms with van der Waals surface area (Å²) in [5.74, 6) is -0.913. The average molecular weight is 262 g/mol. The van der Waals surface area contributed by atoms with Gasteiger partial charge in [-0.2, -0.15) is 22.0 Å². The van der Waals surface area contributed by atoms with Gasteiger partial charge in [-0.25, -0.2) is 4.98 Å². The van der Waals surface area contributed by atoms with E-state index in [0.29, 0.717) is 6.07 Å². The lowest BCUT2D eigenvalue weighted by molar-refractivity contribution is -0.141. The van der Waals surface area contributed by atoms with Crippen LogP contribution in [0.5, 0.6) is 5.75 Å². The van der Waals surface area contributed by atoms with Gasteiger partial charge < -0.3 is 4.74 Å². The van der Waals surface area contributed by atoms with Crippen LogP contribution in [0.25, 0.3) is 0 Å². The van der Waals surface area contributed by atoms with Crippen LogP contribution in [0, 0.1) is 0 Å². The van der Waals surface area contributed by atoms with Gasteiger partial charge in [-0.1, -0.05) is 0 Å². The molecule has 2 nitrogen and oxygen atoms in total. The van der Waals surface area contributed by atoms with Crippen molar-refractivity contribution in [3.63, 3.8) is 0 Å². The van der Waals surface area contributed by atoms with Crippen molar-refractivity contribution in [1.29, 1.82) is 0 Å². The molecule has 0 aliphatic carbocycles. The number of alkyl halides is 6. The van der Waals surface area contributed by atoms with Gasteiger partial charge >= 0.3 is 12.8 Å². The molecule has 0 saturated carbocycles. The Morgan fingerprint density at radius 1 is 1.31 bits per heavy atom. The van der Waals surface area contributed by atoms with Gasteiger partial charge in [0.15, 0.2) is 0 Å². The molecule has 1 rings (SSSR count). The second-order valence-corrected chi connectivity index (χ2v) is 2.92. The first-order valence-electron chi connectivity index (χ1n) is 3.92. The molecule has 90 valence electrons. The molecule has 0 unspecified atom stereocenters. The minimum atomic E-state index is -4.65. The summed E-state index contributed by atoms with van der Waals surface area (Å²) in [6, 6.07) is 1.31. The van der Waals surface area contributed by atoms with E-state index < -0.39 is 30.1 Å². The summed E-state index contributed by atoms with van der Waals surface area (Å²) in [5.41, 5.74) is -1.58. The number of hydrogen-bond donors (Lipinski definition) is 0. The van der Waals surface area contributed by atoms with E-state index in [4.69, 9.17) is 11.6 Å². The summed E-state index contributed by atoms with van der Waals surface area (Å²) in [6.45, 7) is -3.14. The van der Waals surface area contributed by atoms with E-state index >= 15 is 0 Å². The standard InChI is InChI=1S/C8H5ClF5NO/c9-3-4-5(16-7(10)11)1-2-6(15-4)8(12,13)14/h1-2,7H,3H2. The quantitative estimate of drug-likeness (QED) is 0.614. The first-order chi connectivity index (χ1) is 7.34. The van der Waals surface area contributed by atoms with Crippen LogP contribution in [-0.2, 0) is 12.1 Å². The third kappa shape index (κ3) is 3.19. The van der Waals surface area contributed by atoms with Gasteiger partial charge in [0.25, 0.3) is 0 Å². The topological polar surface area (TPSA) is 22.1 Å². The number of hydrogen-bond acceptors (Lipinski definition) is 2. The summed E-state index contributed by atoms with van der Waals surface area (Å²) in [7, 11) is 0. The Morgan fingerprint density at radius 3 is 2.38 bits per heavy atom. The van der Waals surface area contributed by atoms with E-state index in [1.807, 2.05) is 0 Å². The highest BCUT2D eigenvalue weighted by Crippen LogP contribution is 2.30. The van der Waals surface area contributed by atoms with Crippen molar-refractivity contribution in [3.8, 4) is 5.75 Å². The molecule has 1 heterocycles. The van der Waals surface area contributed by atoms with Gasteiger partial charge in [0, 0.05) is 0 Å². The van der Waals surface area contributed by atoms with Crippen molar-refractivity contribution in [2.45, 2.75) is 18.7 Å². The summed E-state index contributed by atoms with van der Waals surface area (Å²) in [5, 5.41) is 0. The van der Waals surface area contributed by atoms with Gasteiger partial charge in [0.1, 0.15) is 11.4 Å². The molecule has 8 heteroatoms. The Hall–Kier alpha value is -1.11. The van der Waals surface area contributed by atoms with Gasteiger partial charge in [-0.3, -0.25) is 0 Å². The van der Waals surface area contributed by atoms with Crippen LogP contribution >= 0.6 is 11.6 Å². The van der Waals surface area contributed by atoms with Crippen LogP contribution in [0.15, 0.2) is 12.1 Å². The number of pyridine rings is 1. The Kier molecular flexibility index (Phi) is 3.90. The summed E-state index contributed by atoms with van der Waals surface area (Å²) >= 11 is 5.28. The molecular weight excluding hydrogens is 257 g/mol. The number of aromatic nitrogens is 1. The van der Waals surface area contributed by atoms with Gasteiger partial charge in [0.2, 0.25) is 0 Å². The fourth-order valence-corrected chi connectivity index (χ4v) is 1.14. The zero-order valence-corrected chi connectivity index (χ0v) is 8.32. The maximum atomic E-state index is 12.2. The van der Waals surface area contributed by atoms with Crippen molar-refractivity contribution >= 4 is 11.6 Å². The highest BCUT2D eigenvalue weighted by atomic mass is 35.5. The van der Waals surface area contributed by atoms with E-state index in [1.165, 1.54) is 0 Å². The van der Waals surface area contributed by atoms with Crippen molar-refractivity contribution in [2.75, 3.05) is 0 Å². The predicted octanol–water partition coefficient (Wildman–Crippen LogP) is 3.44. The lowest BCUT2D eigenvalue weighted by Gasteiger charge is -2.11. The fourth-order valence-electron chi connectivity index (χ4n) is 0.945. The normalized spacial score (nSPS) is 11.9. The van der Waals surface area contributed by atoms with Crippen LogP contribution in [0.1, 0.15) is 11.4 Å². The highest BCUT2D eigenvalue weighted by molar-refractivity contribution is 6.17. The predicted molar refractivity (Wildman–Crippen MR) is 45.4 cm³/mol. The fraction of sp³-hybridized carbons (Fsp3) is 0.375. The molecule has 0 saturated heterocycles. The third-order valence-electron chi connectivity index (χ3n) is 1.57. The van der Waals surface area contributed by atoms with Crippen molar-refractivity contribution in [1.82, 2.24) is 4.98 Å². The lowest BCUT2D eigenvalue weighted by Crippen LogP contribution is -2.11. The summed E-state index contributed by atoms with van der Waals surface area (Å²) < 4.78 is 64.3. The Morgan fingerprint density at radius 2 is 1.94 bits per heavy atom. The zero-order chi connectivity index (χ0) is 12.3. The molecule has 0 N–H and O–H groups in total. The minimum absolute atomic E-state index is 0.378. The molecule has 16 heavy (non-hydrogen) atoms. The molecule has 0 aliphatic heterocycles. The van der Waals surface area contributed by atoms with Crippen LogP contribution in [-0.4, -0.2) is 11.6 Å². The van der Waals surface area contributed by atoms with Crippen LogP contribution in [0.3, 0.4) is 0 Å². The molecule has 0 fully saturated rings. The number of rotatable bonds is 3. The zero-order valence-electron chi connectivity index (χ0n) is 7.56. The largest absolute Gasteiger partial charge is 0.433 e. The van der Waals surface area contributed by atoms with Crippen molar-refractivity contribution in [2.24, 2.45) is 0 Å². The van der Waals surface area contributed by atoms with Crippen molar-refractivity contribution in [3.05, 3.63) is 23.5 Å². The number of ether oxygens (including phenoxy) is 1. The molecule has 0 aliphatic rings. The highest BCUT2D eigenvalue weighted by Gasteiger charge is 2.33. The van der Waals surface area contributed by atoms with Gasteiger partial charge in [0.05, 0.1) is 11.6 Å². The average Bonchev–Trinajstić information content (AvgIpc) is 2.15. The third-order valence-corrected chi connectivity index (χ3v) is 1.82. The van der Waals surface area contributed by atoms with Crippen LogP contribution in [0.4, 0.5) is 22.0 Å². The van der Waals surface area contributed by atoms with E-state index in [-0.39, 0.29) is 5.69 Å². The molecule has 0 amide bonds. The van der Waals surface area contributed by atoms with E-state index in [1.54, 1.807) is 0 Å². The molecular formula is C8H5ClF5NO. The monoisotopic (exact) mass is 261 g/mol. The van der Waals surface area contributed by atoms with E-state index in [2.05, 4.69) is 9.72 Å².